The molecule has 0 fully saturated rings. The molecule has 0 atom stereocenters. The molecule has 0 aromatic carbocycles. The molecule has 1 aromatic rings. The summed E-state index contributed by atoms with van der Waals surface area (Å²) in [5.74, 6) is 0. The average Bonchev–Trinajstić information content (AvgIpc) is 3.08. The first-order valence-corrected chi connectivity index (χ1v) is 11.0. The van der Waals surface area contributed by atoms with Gasteiger partial charge in [0.1, 0.15) is 0 Å². The highest BCUT2D eigenvalue weighted by Gasteiger charge is 1.95. The second kappa shape index (κ2) is 13.8. The topological polar surface area (TPSA) is 0 Å². The summed E-state index contributed by atoms with van der Waals surface area (Å²) in [5.41, 5.74) is 7.48. The van der Waals surface area contributed by atoms with Crippen molar-refractivity contribution in [3.8, 4) is 0 Å². The van der Waals surface area contributed by atoms with Crippen LogP contribution in [0.3, 0.4) is 0 Å². The normalized spacial score (nSPS) is 13.2. The Kier molecular flexibility index (Phi) is 12.1. The van der Waals surface area contributed by atoms with Crippen LogP contribution in [0.4, 0.5) is 0 Å². The van der Waals surface area contributed by atoms with Gasteiger partial charge in [0.05, 0.1) is 0 Å². The number of allylic oxidation sites excluding steroid dienone is 8. The molecule has 0 amide bonds. The molecule has 1 rings (SSSR count). The van der Waals surface area contributed by atoms with Gasteiger partial charge < -0.3 is 0 Å². The van der Waals surface area contributed by atoms with Gasteiger partial charge >= 0.3 is 0 Å². The third-order valence-electron chi connectivity index (χ3n) is 4.66. The first kappa shape index (κ1) is 22.7. The first-order chi connectivity index (χ1) is 12.5. The molecule has 0 unspecified atom stereocenters. The minimum atomic E-state index is 1.17. The number of hydrogen-bond acceptors (Lipinski definition) is 1. The molecule has 1 heterocycles. The standard InChI is InChI=1S/C25H38S/c1-21(2)10-6-11-22(3)12-7-13-23(4)14-8-15-24(5)16-9-17-25-18-19-26-20-25/h10,12,14,16,18-20H,6-9,11,13,15,17H2,1-5H3/b22-12+,23-14+,24-16+. The molecule has 0 saturated carbocycles. The minimum Gasteiger partial charge on any atom is -0.152 e. The summed E-state index contributed by atoms with van der Waals surface area (Å²) in [6.07, 6.45) is 19.1. The van der Waals surface area contributed by atoms with Crippen LogP contribution in [0.25, 0.3) is 0 Å². The fourth-order valence-corrected chi connectivity index (χ4v) is 3.61. The zero-order valence-corrected chi connectivity index (χ0v) is 18.4. The first-order valence-electron chi connectivity index (χ1n) is 10.1. The highest BCUT2D eigenvalue weighted by molar-refractivity contribution is 7.07. The molecule has 1 heteroatoms. The summed E-state index contributed by atoms with van der Waals surface area (Å²) in [6, 6.07) is 2.23. The van der Waals surface area contributed by atoms with Gasteiger partial charge in [0.2, 0.25) is 0 Å². The highest BCUT2D eigenvalue weighted by atomic mass is 32.1. The molecule has 1 aromatic heterocycles. The van der Waals surface area contributed by atoms with Crippen molar-refractivity contribution in [2.45, 2.75) is 86.0 Å². The maximum Gasteiger partial charge on any atom is -0.00611 e. The van der Waals surface area contributed by atoms with E-state index in [0.717, 1.165) is 0 Å². The number of rotatable bonds is 12. The van der Waals surface area contributed by atoms with Crippen LogP contribution in [-0.2, 0) is 6.42 Å². The fraction of sp³-hybridized carbons (Fsp3) is 0.520. The van der Waals surface area contributed by atoms with Crippen molar-refractivity contribution in [3.63, 3.8) is 0 Å². The Bertz CT molecular complexity index is 605. The smallest absolute Gasteiger partial charge is 0.00611 e. The Balaban J connectivity index is 2.18. The number of aryl methyl sites for hydroxylation is 1. The maximum atomic E-state index is 2.43. The van der Waals surface area contributed by atoms with E-state index in [1.54, 1.807) is 11.3 Å². The van der Waals surface area contributed by atoms with Gasteiger partial charge in [0.15, 0.2) is 0 Å². The molecule has 0 aliphatic carbocycles. The van der Waals surface area contributed by atoms with Crippen LogP contribution in [0.15, 0.2) is 63.4 Å². The van der Waals surface area contributed by atoms with Crippen molar-refractivity contribution in [1.29, 1.82) is 0 Å². The van der Waals surface area contributed by atoms with E-state index < -0.39 is 0 Å². The summed E-state index contributed by atoms with van der Waals surface area (Å²) in [4.78, 5) is 0. The van der Waals surface area contributed by atoms with E-state index >= 15 is 0 Å². The van der Waals surface area contributed by atoms with Gasteiger partial charge in [-0.1, -0.05) is 46.6 Å². The van der Waals surface area contributed by atoms with Gasteiger partial charge in [-0.25, -0.2) is 0 Å². The molecule has 0 radical (unpaired) electrons. The lowest BCUT2D eigenvalue weighted by molar-refractivity contribution is 0.893. The van der Waals surface area contributed by atoms with Gasteiger partial charge in [-0.2, -0.15) is 11.3 Å². The Morgan fingerprint density at radius 1 is 0.731 bits per heavy atom. The van der Waals surface area contributed by atoms with E-state index in [4.69, 9.17) is 0 Å². The van der Waals surface area contributed by atoms with Crippen LogP contribution in [0, 0.1) is 0 Å². The lowest BCUT2D eigenvalue weighted by Gasteiger charge is -2.03. The van der Waals surface area contributed by atoms with Gasteiger partial charge in [0.25, 0.3) is 0 Å². The predicted octanol–water partition coefficient (Wildman–Crippen LogP) is 8.83. The van der Waals surface area contributed by atoms with Gasteiger partial charge in [-0.05, 0) is 108 Å². The van der Waals surface area contributed by atoms with E-state index in [0.29, 0.717) is 0 Å². The molecular formula is C25H38S. The zero-order valence-electron chi connectivity index (χ0n) is 17.6. The van der Waals surface area contributed by atoms with Crippen LogP contribution in [0.1, 0.15) is 85.1 Å². The summed E-state index contributed by atoms with van der Waals surface area (Å²) in [7, 11) is 0. The molecule has 0 nitrogen and oxygen atoms in total. The molecule has 0 aliphatic heterocycles. The lowest BCUT2D eigenvalue weighted by atomic mass is 10.0. The monoisotopic (exact) mass is 370 g/mol. The Hall–Kier alpha value is -1.34. The zero-order chi connectivity index (χ0) is 19.2. The van der Waals surface area contributed by atoms with E-state index in [-0.39, 0.29) is 0 Å². The molecule has 0 bridgehead atoms. The largest absolute Gasteiger partial charge is 0.152 e. The summed E-state index contributed by atoms with van der Waals surface area (Å²) in [6.45, 7) is 11.2. The van der Waals surface area contributed by atoms with E-state index in [2.05, 4.69) is 75.7 Å². The SMILES string of the molecule is CC(C)=CCC/C(C)=C/CC/C(C)=C/CC/C(C)=C/CCc1ccsc1. The van der Waals surface area contributed by atoms with Crippen LogP contribution in [0.5, 0.6) is 0 Å². The van der Waals surface area contributed by atoms with E-state index in [1.807, 2.05) is 0 Å². The summed E-state index contributed by atoms with van der Waals surface area (Å²) in [5, 5.41) is 4.42. The Morgan fingerprint density at radius 2 is 1.23 bits per heavy atom. The van der Waals surface area contributed by atoms with Gasteiger partial charge in [0, 0.05) is 0 Å². The van der Waals surface area contributed by atoms with Crippen molar-refractivity contribution < 1.29 is 0 Å². The maximum absolute atomic E-state index is 2.43. The second-order valence-electron chi connectivity index (χ2n) is 7.72. The van der Waals surface area contributed by atoms with Crippen LogP contribution < -0.4 is 0 Å². The molecule has 0 aliphatic rings. The van der Waals surface area contributed by atoms with Gasteiger partial charge in [-0.3, -0.25) is 0 Å². The third-order valence-corrected chi connectivity index (χ3v) is 5.39. The quantitative estimate of drug-likeness (QED) is 0.322. The fourth-order valence-electron chi connectivity index (χ4n) is 2.91. The Labute approximate surface area is 166 Å². The number of hydrogen-bond donors (Lipinski definition) is 0. The van der Waals surface area contributed by atoms with Crippen molar-refractivity contribution >= 4 is 11.3 Å². The van der Waals surface area contributed by atoms with E-state index in [9.17, 15) is 0 Å². The third kappa shape index (κ3) is 12.1. The lowest BCUT2D eigenvalue weighted by Crippen LogP contribution is -1.83. The molecule has 0 spiro atoms. The summed E-state index contributed by atoms with van der Waals surface area (Å²) >= 11 is 1.79. The minimum absolute atomic E-state index is 1.17. The second-order valence-corrected chi connectivity index (χ2v) is 8.50. The highest BCUT2D eigenvalue weighted by Crippen LogP contribution is 2.14. The molecule has 144 valence electrons. The van der Waals surface area contributed by atoms with Gasteiger partial charge in [-0.15, -0.1) is 0 Å². The molecular weight excluding hydrogens is 332 g/mol. The van der Waals surface area contributed by atoms with Crippen molar-refractivity contribution in [3.05, 3.63) is 69.0 Å². The molecule has 26 heavy (non-hydrogen) atoms. The van der Waals surface area contributed by atoms with Crippen LogP contribution in [-0.4, -0.2) is 0 Å². The summed E-state index contributed by atoms with van der Waals surface area (Å²) < 4.78 is 0. The molecule has 0 N–H and O–H groups in total. The van der Waals surface area contributed by atoms with Crippen LogP contribution >= 0.6 is 11.3 Å². The van der Waals surface area contributed by atoms with E-state index in [1.165, 1.54) is 79.2 Å². The number of thiophene rings is 1. The Morgan fingerprint density at radius 3 is 1.69 bits per heavy atom. The van der Waals surface area contributed by atoms with Crippen LogP contribution in [0.2, 0.25) is 0 Å². The van der Waals surface area contributed by atoms with Crippen molar-refractivity contribution in [1.82, 2.24) is 0 Å². The average molecular weight is 371 g/mol. The van der Waals surface area contributed by atoms with Crippen molar-refractivity contribution in [2.75, 3.05) is 0 Å². The predicted molar refractivity (Wildman–Crippen MR) is 121 cm³/mol. The van der Waals surface area contributed by atoms with Crippen molar-refractivity contribution in [2.24, 2.45) is 0 Å². The molecule has 0 saturated heterocycles.